The molecule has 0 unspecified atom stereocenters. The third kappa shape index (κ3) is 5.03. The number of benzene rings is 1. The second kappa shape index (κ2) is 10.6. The molecule has 32 heavy (non-hydrogen) atoms. The van der Waals surface area contributed by atoms with E-state index in [-0.39, 0.29) is 5.54 Å². The predicted octanol–water partition coefficient (Wildman–Crippen LogP) is 5.72. The van der Waals surface area contributed by atoms with Gasteiger partial charge in [0.15, 0.2) is 11.5 Å². The molecular formula is C25H36N4O2S. The van der Waals surface area contributed by atoms with Crippen molar-refractivity contribution in [1.82, 2.24) is 20.1 Å². The number of fused-ring (bicyclic) bond motifs is 2. The van der Waals surface area contributed by atoms with E-state index in [0.717, 1.165) is 53.1 Å². The van der Waals surface area contributed by atoms with E-state index in [1.54, 1.807) is 0 Å². The molecule has 1 aromatic carbocycles. The Kier molecular flexibility index (Phi) is 8.04. The van der Waals surface area contributed by atoms with Gasteiger partial charge in [-0.2, -0.15) is 16.9 Å². The lowest BCUT2D eigenvalue weighted by molar-refractivity contribution is -0.110. The molecular weight excluding hydrogens is 420 g/mol. The van der Waals surface area contributed by atoms with Gasteiger partial charge in [-0.25, -0.2) is 4.98 Å². The van der Waals surface area contributed by atoms with Crippen molar-refractivity contribution in [3.63, 3.8) is 0 Å². The molecule has 0 saturated carbocycles. The van der Waals surface area contributed by atoms with Crippen LogP contribution in [0.5, 0.6) is 0 Å². The average molecular weight is 457 g/mol. The lowest BCUT2D eigenvalue weighted by Crippen LogP contribution is -2.52. The summed E-state index contributed by atoms with van der Waals surface area (Å²) in [4.78, 5) is 14.5. The van der Waals surface area contributed by atoms with Crippen LogP contribution in [0.4, 0.5) is 0 Å². The number of para-hydroxylation sites is 1. The molecule has 174 valence electrons. The van der Waals surface area contributed by atoms with Gasteiger partial charge in [0.05, 0.1) is 11.2 Å². The van der Waals surface area contributed by atoms with Crippen LogP contribution in [-0.4, -0.2) is 38.2 Å². The Bertz CT molecular complexity index is 1050. The largest absolute Gasteiger partial charge is 0.441 e. The highest BCUT2D eigenvalue weighted by Crippen LogP contribution is 2.36. The lowest BCUT2D eigenvalue weighted by atomic mass is 9.93. The standard InChI is InChI=1S/C18H21N3O.C5H9NOS.C2H6/c1-11(2)21-15-9-5-4-7-13(15)17(20-21)14-8-6-10-16-18(14)19-12(3)22-16;1-5(6-4-7)2-8-3-5;1-2/h6,8,10-11H,4-5,7,9H2,1-3H3;4H,2-3H2,1H3,(H,6,7);1-2H3. The van der Waals surface area contributed by atoms with Gasteiger partial charge in [-0.15, -0.1) is 0 Å². The van der Waals surface area contributed by atoms with E-state index in [9.17, 15) is 4.79 Å². The zero-order valence-corrected chi connectivity index (χ0v) is 21.0. The molecule has 1 fully saturated rings. The van der Waals surface area contributed by atoms with Crippen molar-refractivity contribution < 1.29 is 9.21 Å². The number of nitrogens with one attached hydrogen (secondary N) is 1. The van der Waals surface area contributed by atoms with E-state index in [1.807, 2.05) is 44.7 Å². The summed E-state index contributed by atoms with van der Waals surface area (Å²) in [5.41, 5.74) is 6.92. The maximum atomic E-state index is 9.89. The number of carbonyl (C=O) groups is 1. The van der Waals surface area contributed by atoms with Crippen molar-refractivity contribution in [2.45, 2.75) is 78.8 Å². The first kappa shape index (κ1) is 24.4. The number of oxazole rings is 1. The zero-order chi connectivity index (χ0) is 23.3. The molecule has 2 aliphatic rings. The van der Waals surface area contributed by atoms with Gasteiger partial charge in [0.2, 0.25) is 6.41 Å². The Morgan fingerprint density at radius 1 is 1.22 bits per heavy atom. The Labute approximate surface area is 195 Å². The van der Waals surface area contributed by atoms with Crippen LogP contribution in [0.1, 0.15) is 70.7 Å². The van der Waals surface area contributed by atoms with E-state index in [4.69, 9.17) is 9.52 Å². The number of hydrogen-bond acceptors (Lipinski definition) is 5. The first-order valence-corrected chi connectivity index (χ1v) is 12.8. The minimum absolute atomic E-state index is 0.117. The third-order valence-electron chi connectivity index (χ3n) is 5.73. The second-order valence-electron chi connectivity index (χ2n) is 8.72. The van der Waals surface area contributed by atoms with Crippen LogP contribution >= 0.6 is 11.8 Å². The van der Waals surface area contributed by atoms with Crippen LogP contribution in [0.15, 0.2) is 22.6 Å². The number of aromatic nitrogens is 3. The van der Waals surface area contributed by atoms with E-state index < -0.39 is 0 Å². The molecule has 1 N–H and O–H groups in total. The van der Waals surface area contributed by atoms with Crippen LogP contribution in [0.3, 0.4) is 0 Å². The summed E-state index contributed by atoms with van der Waals surface area (Å²) in [6, 6.07) is 6.52. The number of hydrogen-bond donors (Lipinski definition) is 1. The van der Waals surface area contributed by atoms with Crippen molar-refractivity contribution in [3.8, 4) is 11.3 Å². The van der Waals surface area contributed by atoms with Gasteiger partial charge in [0.1, 0.15) is 5.52 Å². The zero-order valence-electron chi connectivity index (χ0n) is 20.2. The minimum atomic E-state index is 0.117. The maximum Gasteiger partial charge on any atom is 0.207 e. The van der Waals surface area contributed by atoms with E-state index >= 15 is 0 Å². The highest BCUT2D eigenvalue weighted by atomic mass is 32.2. The summed E-state index contributed by atoms with van der Waals surface area (Å²) < 4.78 is 7.89. The summed E-state index contributed by atoms with van der Waals surface area (Å²) in [5, 5.41) is 7.71. The van der Waals surface area contributed by atoms with Crippen molar-refractivity contribution >= 4 is 29.3 Å². The highest BCUT2D eigenvalue weighted by molar-refractivity contribution is 8.00. The topological polar surface area (TPSA) is 73.0 Å². The molecule has 1 saturated heterocycles. The molecule has 3 aromatic rings. The van der Waals surface area contributed by atoms with Crippen LogP contribution in [0.25, 0.3) is 22.4 Å². The molecule has 1 aliphatic carbocycles. The van der Waals surface area contributed by atoms with E-state index in [2.05, 4.69) is 41.8 Å². The predicted molar refractivity (Wildman–Crippen MR) is 133 cm³/mol. The lowest BCUT2D eigenvalue weighted by Gasteiger charge is -2.36. The molecule has 0 radical (unpaired) electrons. The number of rotatable bonds is 4. The Hall–Kier alpha value is -2.28. The SMILES string of the molecule is CC.CC1(NC=O)CSC1.Cc1nc2c(-c3nn(C(C)C)c4c3CCCC4)cccc2o1. The normalized spacial score (nSPS) is 16.2. The van der Waals surface area contributed by atoms with Crippen LogP contribution < -0.4 is 5.32 Å². The number of aryl methyl sites for hydroxylation is 1. The van der Waals surface area contributed by atoms with Crippen molar-refractivity contribution in [2.24, 2.45) is 0 Å². The van der Waals surface area contributed by atoms with Crippen LogP contribution in [0, 0.1) is 6.92 Å². The molecule has 7 heteroatoms. The van der Waals surface area contributed by atoms with Gasteiger partial charge in [-0.05, 0) is 52.5 Å². The van der Waals surface area contributed by atoms with Crippen molar-refractivity contribution in [2.75, 3.05) is 11.5 Å². The summed E-state index contributed by atoms with van der Waals surface area (Å²) in [6.45, 7) is 12.4. The average Bonchev–Trinajstić information content (AvgIpc) is 3.34. The highest BCUT2D eigenvalue weighted by Gasteiger charge is 2.31. The quantitative estimate of drug-likeness (QED) is 0.508. The summed E-state index contributed by atoms with van der Waals surface area (Å²) >= 11 is 1.86. The molecule has 1 aliphatic heterocycles. The number of nitrogens with zero attached hydrogens (tertiary/aromatic N) is 3. The first-order valence-electron chi connectivity index (χ1n) is 11.7. The summed E-state index contributed by atoms with van der Waals surface area (Å²) in [7, 11) is 0. The molecule has 0 spiro atoms. The Balaban J connectivity index is 0.000000244. The number of carbonyl (C=O) groups excluding carboxylic acids is 1. The fourth-order valence-electron chi connectivity index (χ4n) is 4.15. The van der Waals surface area contributed by atoms with Crippen LogP contribution in [0.2, 0.25) is 0 Å². The van der Waals surface area contributed by atoms with Crippen LogP contribution in [-0.2, 0) is 17.6 Å². The maximum absolute atomic E-state index is 9.89. The third-order valence-corrected chi connectivity index (χ3v) is 7.41. The fraction of sp³-hybridized carbons (Fsp3) is 0.560. The Morgan fingerprint density at radius 3 is 2.53 bits per heavy atom. The minimum Gasteiger partial charge on any atom is -0.441 e. The van der Waals surface area contributed by atoms with Gasteiger partial charge in [0, 0.05) is 41.3 Å². The number of amides is 1. The van der Waals surface area contributed by atoms with Gasteiger partial charge in [0.25, 0.3) is 0 Å². The number of thioether (sulfide) groups is 1. The second-order valence-corrected chi connectivity index (χ2v) is 9.71. The van der Waals surface area contributed by atoms with Crippen molar-refractivity contribution in [1.29, 1.82) is 0 Å². The fourth-order valence-corrected chi connectivity index (χ4v) is 5.14. The van der Waals surface area contributed by atoms with Gasteiger partial charge in [-0.3, -0.25) is 9.48 Å². The van der Waals surface area contributed by atoms with E-state index in [0.29, 0.717) is 11.9 Å². The molecule has 2 aromatic heterocycles. The Morgan fingerprint density at radius 2 is 1.94 bits per heavy atom. The van der Waals surface area contributed by atoms with Gasteiger partial charge in [-0.1, -0.05) is 26.0 Å². The molecule has 0 atom stereocenters. The van der Waals surface area contributed by atoms with Gasteiger partial charge >= 0.3 is 0 Å². The molecule has 3 heterocycles. The van der Waals surface area contributed by atoms with Gasteiger partial charge < -0.3 is 9.73 Å². The molecule has 1 amide bonds. The smallest absolute Gasteiger partial charge is 0.207 e. The van der Waals surface area contributed by atoms with Crippen molar-refractivity contribution in [3.05, 3.63) is 35.3 Å². The first-order chi connectivity index (χ1) is 15.4. The molecule has 0 bridgehead atoms. The van der Waals surface area contributed by atoms with E-state index in [1.165, 1.54) is 24.1 Å². The molecule has 6 nitrogen and oxygen atoms in total. The molecule has 5 rings (SSSR count). The summed E-state index contributed by atoms with van der Waals surface area (Å²) in [6.07, 6.45) is 5.54. The summed E-state index contributed by atoms with van der Waals surface area (Å²) in [5.74, 6) is 2.83. The monoisotopic (exact) mass is 456 g/mol.